The normalized spacial score (nSPS) is 12.2. The molecule has 0 heterocycles. The lowest BCUT2D eigenvalue weighted by Gasteiger charge is -2.13. The highest BCUT2D eigenvalue weighted by molar-refractivity contribution is 6.42. The molecule has 0 radical (unpaired) electrons. The van der Waals surface area contributed by atoms with Crippen molar-refractivity contribution in [2.45, 2.75) is 32.2 Å². The van der Waals surface area contributed by atoms with E-state index in [-0.39, 0.29) is 12.4 Å². The molecule has 0 aliphatic carbocycles. The molecule has 0 aliphatic heterocycles. The first-order chi connectivity index (χ1) is 8.56. The van der Waals surface area contributed by atoms with E-state index in [1.165, 1.54) is 0 Å². The van der Waals surface area contributed by atoms with Crippen LogP contribution in [-0.4, -0.2) is 12.6 Å². The third-order valence-corrected chi connectivity index (χ3v) is 3.36. The topological polar surface area (TPSA) is 52.3 Å². The molecule has 3 nitrogen and oxygen atoms in total. The summed E-state index contributed by atoms with van der Waals surface area (Å²) in [4.78, 5) is 11.5. The number of hydrogen-bond acceptors (Lipinski definition) is 3. The van der Waals surface area contributed by atoms with Crippen molar-refractivity contribution in [3.8, 4) is 0 Å². The highest BCUT2D eigenvalue weighted by atomic mass is 35.5. The van der Waals surface area contributed by atoms with Crippen LogP contribution in [0.15, 0.2) is 18.2 Å². The zero-order valence-corrected chi connectivity index (χ0v) is 11.8. The number of unbranched alkanes of at least 4 members (excludes halogenated alkanes) is 1. The minimum atomic E-state index is -0.495. The molecule has 0 saturated heterocycles. The van der Waals surface area contributed by atoms with Crippen LogP contribution in [0.4, 0.5) is 0 Å². The van der Waals surface area contributed by atoms with Gasteiger partial charge in [0.25, 0.3) is 0 Å². The summed E-state index contributed by atoms with van der Waals surface area (Å²) in [7, 11) is 0. The van der Waals surface area contributed by atoms with E-state index in [1.807, 2.05) is 6.92 Å². The van der Waals surface area contributed by atoms with Crippen LogP contribution in [0.3, 0.4) is 0 Å². The van der Waals surface area contributed by atoms with Crippen molar-refractivity contribution >= 4 is 29.2 Å². The molecule has 1 aromatic rings. The van der Waals surface area contributed by atoms with Gasteiger partial charge in [-0.1, -0.05) is 48.7 Å². The van der Waals surface area contributed by atoms with Crippen molar-refractivity contribution in [1.82, 2.24) is 0 Å². The lowest BCUT2D eigenvalue weighted by Crippen LogP contribution is -2.18. The van der Waals surface area contributed by atoms with Gasteiger partial charge in [0.15, 0.2) is 0 Å². The molecule has 0 spiro atoms. The van der Waals surface area contributed by atoms with Crippen LogP contribution in [0.2, 0.25) is 10.0 Å². The SMILES string of the molecule is CCCCOC(=O)CC(N)c1cccc(Cl)c1Cl. The van der Waals surface area contributed by atoms with E-state index in [9.17, 15) is 4.79 Å². The van der Waals surface area contributed by atoms with Crippen molar-refractivity contribution in [2.75, 3.05) is 6.61 Å². The van der Waals surface area contributed by atoms with Gasteiger partial charge in [-0.15, -0.1) is 0 Å². The largest absolute Gasteiger partial charge is 0.466 e. The van der Waals surface area contributed by atoms with Crippen LogP contribution in [0, 0.1) is 0 Å². The number of rotatable bonds is 6. The van der Waals surface area contributed by atoms with Crippen LogP contribution in [-0.2, 0) is 9.53 Å². The summed E-state index contributed by atoms with van der Waals surface area (Å²) in [5.41, 5.74) is 6.59. The van der Waals surface area contributed by atoms with E-state index in [1.54, 1.807) is 18.2 Å². The summed E-state index contributed by atoms with van der Waals surface area (Å²) in [6.45, 7) is 2.47. The highest BCUT2D eigenvalue weighted by Gasteiger charge is 2.16. The smallest absolute Gasteiger partial charge is 0.307 e. The van der Waals surface area contributed by atoms with Gasteiger partial charge in [0, 0.05) is 6.04 Å². The monoisotopic (exact) mass is 289 g/mol. The molecule has 0 aliphatic rings. The zero-order chi connectivity index (χ0) is 13.5. The third-order valence-electron chi connectivity index (χ3n) is 2.53. The Kier molecular flexibility index (Phi) is 6.47. The predicted molar refractivity (Wildman–Crippen MR) is 73.9 cm³/mol. The van der Waals surface area contributed by atoms with Crippen molar-refractivity contribution in [2.24, 2.45) is 5.73 Å². The lowest BCUT2D eigenvalue weighted by atomic mass is 10.0. The van der Waals surface area contributed by atoms with Gasteiger partial charge in [0.2, 0.25) is 0 Å². The van der Waals surface area contributed by atoms with Gasteiger partial charge in [0.05, 0.1) is 23.1 Å². The van der Waals surface area contributed by atoms with Gasteiger partial charge in [-0.25, -0.2) is 0 Å². The number of carbonyl (C=O) groups is 1. The second-order valence-electron chi connectivity index (χ2n) is 4.03. The number of benzene rings is 1. The number of esters is 1. The maximum absolute atomic E-state index is 11.5. The van der Waals surface area contributed by atoms with Crippen LogP contribution in [0.1, 0.15) is 37.8 Å². The first-order valence-corrected chi connectivity index (χ1v) is 6.67. The molecule has 100 valence electrons. The number of hydrogen-bond donors (Lipinski definition) is 1. The second kappa shape index (κ2) is 7.62. The molecule has 2 N–H and O–H groups in total. The average molecular weight is 290 g/mol. The van der Waals surface area contributed by atoms with Crippen LogP contribution in [0.5, 0.6) is 0 Å². The summed E-state index contributed by atoms with van der Waals surface area (Å²) in [5, 5.41) is 0.831. The molecule has 0 amide bonds. The van der Waals surface area contributed by atoms with E-state index < -0.39 is 6.04 Å². The Hall–Kier alpha value is -0.770. The summed E-state index contributed by atoms with van der Waals surface area (Å²) >= 11 is 11.9. The van der Waals surface area contributed by atoms with E-state index in [2.05, 4.69) is 0 Å². The molecule has 1 atom stereocenters. The van der Waals surface area contributed by atoms with E-state index in [0.717, 1.165) is 12.8 Å². The number of nitrogens with two attached hydrogens (primary N) is 1. The highest BCUT2D eigenvalue weighted by Crippen LogP contribution is 2.30. The van der Waals surface area contributed by atoms with E-state index >= 15 is 0 Å². The Bertz CT molecular complexity index is 410. The molecular formula is C13H17Cl2NO2. The fourth-order valence-electron chi connectivity index (χ4n) is 1.49. The Morgan fingerprint density at radius 1 is 1.44 bits per heavy atom. The van der Waals surface area contributed by atoms with Gasteiger partial charge < -0.3 is 10.5 Å². The molecule has 18 heavy (non-hydrogen) atoms. The molecule has 1 unspecified atom stereocenters. The molecule has 0 aromatic heterocycles. The van der Waals surface area contributed by atoms with Crippen molar-refractivity contribution in [1.29, 1.82) is 0 Å². The molecule has 5 heteroatoms. The van der Waals surface area contributed by atoms with Crippen molar-refractivity contribution in [3.63, 3.8) is 0 Å². The minimum absolute atomic E-state index is 0.101. The fourth-order valence-corrected chi connectivity index (χ4v) is 1.93. The van der Waals surface area contributed by atoms with Gasteiger partial charge in [0.1, 0.15) is 0 Å². The Labute approximate surface area is 117 Å². The molecule has 0 bridgehead atoms. The maximum Gasteiger partial charge on any atom is 0.307 e. The number of ether oxygens (including phenoxy) is 1. The first-order valence-electron chi connectivity index (χ1n) is 5.91. The predicted octanol–water partition coefficient (Wildman–Crippen LogP) is 3.73. The quantitative estimate of drug-likeness (QED) is 0.641. The van der Waals surface area contributed by atoms with Crippen LogP contribution in [0.25, 0.3) is 0 Å². The van der Waals surface area contributed by atoms with Gasteiger partial charge >= 0.3 is 5.97 Å². The van der Waals surface area contributed by atoms with Gasteiger partial charge in [-0.2, -0.15) is 0 Å². The second-order valence-corrected chi connectivity index (χ2v) is 4.81. The minimum Gasteiger partial charge on any atom is -0.466 e. The average Bonchev–Trinajstić information content (AvgIpc) is 2.32. The van der Waals surface area contributed by atoms with Crippen molar-refractivity contribution in [3.05, 3.63) is 33.8 Å². The first kappa shape index (κ1) is 15.3. The maximum atomic E-state index is 11.5. The lowest BCUT2D eigenvalue weighted by molar-refractivity contribution is -0.144. The Balaban J connectivity index is 2.57. The summed E-state index contributed by atoms with van der Waals surface area (Å²) in [6.07, 6.45) is 1.95. The van der Waals surface area contributed by atoms with Gasteiger partial charge in [-0.3, -0.25) is 4.79 Å². The molecule has 0 saturated carbocycles. The van der Waals surface area contributed by atoms with Crippen LogP contribution < -0.4 is 5.73 Å². The molecular weight excluding hydrogens is 273 g/mol. The zero-order valence-electron chi connectivity index (χ0n) is 10.3. The van der Waals surface area contributed by atoms with Crippen molar-refractivity contribution < 1.29 is 9.53 Å². The summed E-state index contributed by atoms with van der Waals surface area (Å²) in [6, 6.07) is 4.70. The summed E-state index contributed by atoms with van der Waals surface area (Å²) in [5.74, 6) is -0.313. The van der Waals surface area contributed by atoms with E-state index in [0.29, 0.717) is 22.2 Å². The van der Waals surface area contributed by atoms with Gasteiger partial charge in [-0.05, 0) is 18.1 Å². The summed E-state index contributed by atoms with van der Waals surface area (Å²) < 4.78 is 5.05. The fraction of sp³-hybridized carbons (Fsp3) is 0.462. The molecule has 0 fully saturated rings. The number of halogens is 2. The number of carbonyl (C=O) groups excluding carboxylic acids is 1. The standard InChI is InChI=1S/C13H17Cl2NO2/c1-2-3-7-18-12(17)8-11(16)9-5-4-6-10(14)13(9)15/h4-6,11H,2-3,7-8,16H2,1H3. The Morgan fingerprint density at radius 2 is 2.17 bits per heavy atom. The Morgan fingerprint density at radius 3 is 2.83 bits per heavy atom. The third kappa shape index (κ3) is 4.48. The molecule has 1 aromatic carbocycles. The van der Waals surface area contributed by atoms with E-state index in [4.69, 9.17) is 33.7 Å². The molecule has 1 rings (SSSR count). The van der Waals surface area contributed by atoms with Crippen LogP contribution >= 0.6 is 23.2 Å².